The lowest BCUT2D eigenvalue weighted by Crippen LogP contribution is -2.18. The van der Waals surface area contributed by atoms with Crippen molar-refractivity contribution < 1.29 is 0 Å². The molecule has 2 heterocycles. The molecular weight excluding hydrogens is 258 g/mol. The number of hydrogen-bond donors (Lipinski definition) is 1. The highest BCUT2D eigenvalue weighted by Gasteiger charge is 2.11. The Balaban J connectivity index is 1.59. The second-order valence-electron chi connectivity index (χ2n) is 5.83. The number of hydrogen-bond acceptors (Lipinski definition) is 3. The minimum atomic E-state index is 0.267. The van der Waals surface area contributed by atoms with Gasteiger partial charge in [0.05, 0.1) is 6.04 Å². The summed E-state index contributed by atoms with van der Waals surface area (Å²) in [7, 11) is 0. The number of pyridine rings is 1. The van der Waals surface area contributed by atoms with Crippen LogP contribution in [0.4, 0.5) is 5.69 Å². The van der Waals surface area contributed by atoms with Gasteiger partial charge >= 0.3 is 0 Å². The lowest BCUT2D eigenvalue weighted by molar-refractivity contribution is 0.331. The van der Waals surface area contributed by atoms with E-state index in [1.807, 2.05) is 18.5 Å². The highest BCUT2D eigenvalue weighted by atomic mass is 15.1. The summed E-state index contributed by atoms with van der Waals surface area (Å²) in [6.07, 6.45) is 6.42. The molecule has 1 aliphatic heterocycles. The van der Waals surface area contributed by atoms with E-state index in [1.165, 1.54) is 37.1 Å². The summed E-state index contributed by atoms with van der Waals surface area (Å²) in [5.41, 5.74) is 3.77. The first-order chi connectivity index (χ1) is 10.3. The number of benzene rings is 1. The Morgan fingerprint density at radius 3 is 2.57 bits per heavy atom. The zero-order valence-corrected chi connectivity index (χ0v) is 12.6. The summed E-state index contributed by atoms with van der Waals surface area (Å²) in [4.78, 5) is 6.70. The first-order valence-electron chi connectivity index (χ1n) is 7.79. The van der Waals surface area contributed by atoms with Gasteiger partial charge in [-0.25, -0.2) is 0 Å². The fourth-order valence-electron chi connectivity index (χ4n) is 2.87. The van der Waals surface area contributed by atoms with Crippen LogP contribution in [0.3, 0.4) is 0 Å². The van der Waals surface area contributed by atoms with Crippen molar-refractivity contribution in [2.45, 2.75) is 32.4 Å². The van der Waals surface area contributed by atoms with Gasteiger partial charge in [-0.2, -0.15) is 0 Å². The maximum absolute atomic E-state index is 4.17. The second-order valence-corrected chi connectivity index (χ2v) is 5.83. The van der Waals surface area contributed by atoms with E-state index in [2.05, 4.69) is 52.5 Å². The molecule has 21 heavy (non-hydrogen) atoms. The fraction of sp³-hybridized carbons (Fsp3) is 0.389. The molecule has 0 amide bonds. The number of likely N-dealkylation sites (tertiary alicyclic amines) is 1. The summed E-state index contributed by atoms with van der Waals surface area (Å²) < 4.78 is 0. The number of aromatic nitrogens is 1. The largest absolute Gasteiger partial charge is 0.378 e. The molecule has 0 bridgehead atoms. The molecule has 1 saturated heterocycles. The number of nitrogens with zero attached hydrogens (tertiary/aromatic N) is 2. The standard InChI is InChI=1S/C18H23N3/c1-15(17-5-4-10-19-13-17)20-18-8-6-16(7-9-18)14-21-11-2-3-12-21/h4-10,13,15,20H,2-3,11-12,14H2,1H3. The number of nitrogens with one attached hydrogen (secondary N) is 1. The van der Waals surface area contributed by atoms with Crippen molar-refractivity contribution >= 4 is 5.69 Å². The Hall–Kier alpha value is -1.87. The highest BCUT2D eigenvalue weighted by molar-refractivity contribution is 5.46. The lowest BCUT2D eigenvalue weighted by Gasteiger charge is -2.17. The fourth-order valence-corrected chi connectivity index (χ4v) is 2.87. The quantitative estimate of drug-likeness (QED) is 0.902. The van der Waals surface area contributed by atoms with Gasteiger partial charge in [-0.05, 0) is 62.2 Å². The molecule has 0 spiro atoms. The van der Waals surface area contributed by atoms with Gasteiger partial charge in [-0.1, -0.05) is 18.2 Å². The molecule has 3 nitrogen and oxygen atoms in total. The van der Waals surface area contributed by atoms with Crippen molar-refractivity contribution in [3.8, 4) is 0 Å². The summed E-state index contributed by atoms with van der Waals surface area (Å²) >= 11 is 0. The molecule has 1 aliphatic rings. The second kappa shape index (κ2) is 6.72. The van der Waals surface area contributed by atoms with Crippen LogP contribution in [0.25, 0.3) is 0 Å². The molecule has 1 N–H and O–H groups in total. The van der Waals surface area contributed by atoms with Crippen molar-refractivity contribution in [2.75, 3.05) is 18.4 Å². The predicted molar refractivity (Wildman–Crippen MR) is 87.2 cm³/mol. The van der Waals surface area contributed by atoms with E-state index in [4.69, 9.17) is 0 Å². The van der Waals surface area contributed by atoms with Crippen LogP contribution in [0.2, 0.25) is 0 Å². The molecule has 0 saturated carbocycles. The molecule has 1 atom stereocenters. The van der Waals surface area contributed by atoms with Crippen LogP contribution < -0.4 is 5.32 Å². The molecule has 3 heteroatoms. The van der Waals surface area contributed by atoms with Gasteiger partial charge in [-0.3, -0.25) is 9.88 Å². The average Bonchev–Trinajstić information content (AvgIpc) is 3.03. The Morgan fingerprint density at radius 2 is 1.90 bits per heavy atom. The van der Waals surface area contributed by atoms with Crippen LogP contribution in [0.1, 0.15) is 36.9 Å². The smallest absolute Gasteiger partial charge is 0.0500 e. The van der Waals surface area contributed by atoms with Gasteiger partial charge in [0.2, 0.25) is 0 Å². The van der Waals surface area contributed by atoms with Crippen LogP contribution >= 0.6 is 0 Å². The lowest BCUT2D eigenvalue weighted by atomic mass is 10.1. The van der Waals surface area contributed by atoms with E-state index in [0.29, 0.717) is 0 Å². The third-order valence-electron chi connectivity index (χ3n) is 4.13. The third-order valence-corrected chi connectivity index (χ3v) is 4.13. The van der Waals surface area contributed by atoms with Gasteiger partial charge in [0.15, 0.2) is 0 Å². The molecular formula is C18H23N3. The van der Waals surface area contributed by atoms with E-state index in [-0.39, 0.29) is 6.04 Å². The minimum Gasteiger partial charge on any atom is -0.378 e. The van der Waals surface area contributed by atoms with Crippen LogP contribution in [0.15, 0.2) is 48.8 Å². The molecule has 1 unspecified atom stereocenters. The van der Waals surface area contributed by atoms with E-state index >= 15 is 0 Å². The first kappa shape index (κ1) is 14.1. The van der Waals surface area contributed by atoms with Crippen molar-refractivity contribution in [3.05, 3.63) is 59.9 Å². The maximum Gasteiger partial charge on any atom is 0.0500 e. The van der Waals surface area contributed by atoms with E-state index in [1.54, 1.807) is 0 Å². The monoisotopic (exact) mass is 281 g/mol. The summed E-state index contributed by atoms with van der Waals surface area (Å²) in [5.74, 6) is 0. The molecule has 1 aromatic carbocycles. The summed E-state index contributed by atoms with van der Waals surface area (Å²) in [5, 5.41) is 3.53. The Morgan fingerprint density at radius 1 is 1.14 bits per heavy atom. The normalized spacial score (nSPS) is 16.8. The molecule has 1 fully saturated rings. The predicted octanol–water partition coefficient (Wildman–Crippen LogP) is 3.85. The van der Waals surface area contributed by atoms with E-state index in [0.717, 1.165) is 12.2 Å². The number of anilines is 1. The van der Waals surface area contributed by atoms with Crippen molar-refractivity contribution in [1.82, 2.24) is 9.88 Å². The summed E-state index contributed by atoms with van der Waals surface area (Å²) in [6, 6.07) is 13.2. The van der Waals surface area contributed by atoms with Crippen LogP contribution in [0.5, 0.6) is 0 Å². The van der Waals surface area contributed by atoms with Crippen molar-refractivity contribution in [2.24, 2.45) is 0 Å². The zero-order chi connectivity index (χ0) is 14.5. The minimum absolute atomic E-state index is 0.267. The van der Waals surface area contributed by atoms with Crippen LogP contribution in [-0.4, -0.2) is 23.0 Å². The Kier molecular flexibility index (Phi) is 4.51. The SMILES string of the molecule is CC(Nc1ccc(CN2CCCC2)cc1)c1cccnc1. The van der Waals surface area contributed by atoms with Gasteiger partial charge in [0, 0.05) is 24.6 Å². The van der Waals surface area contributed by atoms with Gasteiger partial charge in [-0.15, -0.1) is 0 Å². The first-order valence-corrected chi connectivity index (χ1v) is 7.79. The van der Waals surface area contributed by atoms with E-state index in [9.17, 15) is 0 Å². The van der Waals surface area contributed by atoms with Gasteiger partial charge in [0.25, 0.3) is 0 Å². The van der Waals surface area contributed by atoms with Crippen LogP contribution in [0, 0.1) is 0 Å². The van der Waals surface area contributed by atoms with Gasteiger partial charge in [0.1, 0.15) is 0 Å². The molecule has 110 valence electrons. The third kappa shape index (κ3) is 3.82. The molecule has 0 radical (unpaired) electrons. The molecule has 0 aliphatic carbocycles. The molecule has 3 rings (SSSR count). The number of rotatable bonds is 5. The Bertz CT molecular complexity index is 544. The van der Waals surface area contributed by atoms with Crippen LogP contribution in [-0.2, 0) is 6.54 Å². The van der Waals surface area contributed by atoms with Gasteiger partial charge < -0.3 is 5.32 Å². The highest BCUT2D eigenvalue weighted by Crippen LogP contribution is 2.20. The molecule has 2 aromatic rings. The van der Waals surface area contributed by atoms with Crippen molar-refractivity contribution in [3.63, 3.8) is 0 Å². The topological polar surface area (TPSA) is 28.2 Å². The van der Waals surface area contributed by atoms with E-state index < -0.39 is 0 Å². The summed E-state index contributed by atoms with van der Waals surface area (Å²) in [6.45, 7) is 5.74. The van der Waals surface area contributed by atoms with Crippen molar-refractivity contribution in [1.29, 1.82) is 0 Å². The maximum atomic E-state index is 4.17. The Labute approximate surface area is 127 Å². The molecule has 1 aromatic heterocycles. The zero-order valence-electron chi connectivity index (χ0n) is 12.6. The average molecular weight is 281 g/mol.